The second kappa shape index (κ2) is 11.5. The number of amides is 1. The monoisotopic (exact) mass is 446 g/mol. The number of ether oxygens (including phenoxy) is 3. The molecule has 0 aliphatic carbocycles. The number of carbonyl (C=O) groups is 2. The summed E-state index contributed by atoms with van der Waals surface area (Å²) in [5.41, 5.74) is 5.08. The highest BCUT2D eigenvalue weighted by molar-refractivity contribution is 5.95. The molecule has 170 valence electrons. The van der Waals surface area contributed by atoms with E-state index in [1.165, 1.54) is 6.21 Å². The van der Waals surface area contributed by atoms with E-state index in [-0.39, 0.29) is 11.7 Å². The zero-order valence-corrected chi connectivity index (χ0v) is 18.8. The zero-order chi connectivity index (χ0) is 23.6. The lowest BCUT2D eigenvalue weighted by Gasteiger charge is -2.11. The first-order valence-electron chi connectivity index (χ1n) is 10.6. The first-order chi connectivity index (χ1) is 16.0. The summed E-state index contributed by atoms with van der Waals surface area (Å²) in [4.78, 5) is 24.7. The lowest BCUT2D eigenvalue weighted by molar-refractivity contribution is 0.0728. The number of aryl methyl sites for hydroxylation is 1. The fraction of sp³-hybridized carbons (Fsp3) is 0.192. The molecule has 0 heterocycles. The number of hydrogen-bond donors (Lipinski definition) is 1. The fourth-order valence-corrected chi connectivity index (χ4v) is 2.99. The van der Waals surface area contributed by atoms with Gasteiger partial charge < -0.3 is 14.2 Å². The SMILES string of the molecule is CCOc1ccc(C(=O)Oc2ccc(C=NNC(=O)c3cccc(C)c3)cc2OCC)cc1. The third kappa shape index (κ3) is 6.67. The summed E-state index contributed by atoms with van der Waals surface area (Å²) in [5, 5.41) is 4.01. The molecule has 0 radical (unpaired) electrons. The molecule has 7 nitrogen and oxygen atoms in total. The van der Waals surface area contributed by atoms with Crippen LogP contribution in [0, 0.1) is 6.92 Å². The van der Waals surface area contributed by atoms with Gasteiger partial charge in [0.1, 0.15) is 5.75 Å². The van der Waals surface area contributed by atoms with Crippen molar-refractivity contribution in [2.24, 2.45) is 5.10 Å². The normalized spacial score (nSPS) is 10.6. The highest BCUT2D eigenvalue weighted by Crippen LogP contribution is 2.29. The molecular weight excluding hydrogens is 420 g/mol. The molecule has 0 fully saturated rings. The molecule has 7 heteroatoms. The fourth-order valence-electron chi connectivity index (χ4n) is 2.99. The Morgan fingerprint density at radius 3 is 2.33 bits per heavy atom. The average Bonchev–Trinajstić information content (AvgIpc) is 2.81. The number of benzene rings is 3. The Hall–Kier alpha value is -4.13. The van der Waals surface area contributed by atoms with Gasteiger partial charge in [0.2, 0.25) is 0 Å². The van der Waals surface area contributed by atoms with Crippen LogP contribution in [0.15, 0.2) is 71.8 Å². The highest BCUT2D eigenvalue weighted by Gasteiger charge is 2.13. The van der Waals surface area contributed by atoms with E-state index < -0.39 is 5.97 Å². The Morgan fingerprint density at radius 1 is 0.879 bits per heavy atom. The molecule has 0 unspecified atom stereocenters. The second-order valence-corrected chi connectivity index (χ2v) is 7.05. The van der Waals surface area contributed by atoms with Gasteiger partial charge in [0.15, 0.2) is 11.5 Å². The van der Waals surface area contributed by atoms with E-state index in [9.17, 15) is 9.59 Å². The first-order valence-corrected chi connectivity index (χ1v) is 10.6. The maximum atomic E-state index is 12.5. The van der Waals surface area contributed by atoms with Crippen LogP contribution < -0.4 is 19.6 Å². The minimum Gasteiger partial charge on any atom is -0.494 e. The highest BCUT2D eigenvalue weighted by atomic mass is 16.6. The van der Waals surface area contributed by atoms with Crippen LogP contribution in [0.1, 0.15) is 45.7 Å². The molecule has 3 rings (SSSR count). The molecule has 0 saturated heterocycles. The van der Waals surface area contributed by atoms with Crippen molar-refractivity contribution in [3.63, 3.8) is 0 Å². The molecular formula is C26H26N2O5. The Kier molecular flexibility index (Phi) is 8.18. The molecule has 0 saturated carbocycles. The van der Waals surface area contributed by atoms with Crippen LogP contribution in [-0.2, 0) is 0 Å². The van der Waals surface area contributed by atoms with E-state index in [4.69, 9.17) is 14.2 Å². The van der Waals surface area contributed by atoms with E-state index in [0.717, 1.165) is 5.56 Å². The van der Waals surface area contributed by atoms with Crippen LogP contribution in [0.4, 0.5) is 0 Å². The van der Waals surface area contributed by atoms with E-state index in [0.29, 0.717) is 41.4 Å². The van der Waals surface area contributed by atoms with Gasteiger partial charge in [0, 0.05) is 5.56 Å². The molecule has 0 atom stereocenters. The zero-order valence-electron chi connectivity index (χ0n) is 18.8. The van der Waals surface area contributed by atoms with Crippen molar-refractivity contribution in [1.29, 1.82) is 0 Å². The van der Waals surface area contributed by atoms with Crippen LogP contribution >= 0.6 is 0 Å². The predicted octanol–water partition coefficient (Wildman–Crippen LogP) is 4.78. The Labute approximate surface area is 193 Å². The van der Waals surface area contributed by atoms with Gasteiger partial charge in [-0.05, 0) is 80.9 Å². The number of rotatable bonds is 9. The van der Waals surface area contributed by atoms with Gasteiger partial charge in [-0.3, -0.25) is 4.79 Å². The number of esters is 1. The molecule has 0 aliphatic heterocycles. The summed E-state index contributed by atoms with van der Waals surface area (Å²) in [6.07, 6.45) is 1.49. The summed E-state index contributed by atoms with van der Waals surface area (Å²) in [6.45, 7) is 6.58. The van der Waals surface area contributed by atoms with Gasteiger partial charge in [-0.25, -0.2) is 10.2 Å². The molecule has 3 aromatic carbocycles. The lowest BCUT2D eigenvalue weighted by atomic mass is 10.1. The summed E-state index contributed by atoms with van der Waals surface area (Å²) in [5.74, 6) is 0.552. The van der Waals surface area contributed by atoms with Crippen molar-refractivity contribution < 1.29 is 23.8 Å². The third-order valence-corrected chi connectivity index (χ3v) is 4.53. The lowest BCUT2D eigenvalue weighted by Crippen LogP contribution is -2.17. The van der Waals surface area contributed by atoms with E-state index in [1.54, 1.807) is 54.6 Å². The van der Waals surface area contributed by atoms with Crippen LogP contribution in [0.2, 0.25) is 0 Å². The van der Waals surface area contributed by atoms with Gasteiger partial charge >= 0.3 is 5.97 Å². The molecule has 0 bridgehead atoms. The summed E-state index contributed by atoms with van der Waals surface area (Å²) >= 11 is 0. The van der Waals surface area contributed by atoms with Gasteiger partial charge in [-0.1, -0.05) is 17.7 Å². The minimum absolute atomic E-state index is 0.289. The second-order valence-electron chi connectivity index (χ2n) is 7.05. The van der Waals surface area contributed by atoms with Crippen LogP contribution in [-0.4, -0.2) is 31.3 Å². The van der Waals surface area contributed by atoms with Gasteiger partial charge in [0.05, 0.1) is 25.0 Å². The third-order valence-electron chi connectivity index (χ3n) is 4.53. The number of hydrogen-bond acceptors (Lipinski definition) is 6. The molecule has 0 aliphatic rings. The molecule has 0 spiro atoms. The van der Waals surface area contributed by atoms with E-state index >= 15 is 0 Å². The summed E-state index contributed by atoms with van der Waals surface area (Å²) in [6, 6.07) is 19.0. The van der Waals surface area contributed by atoms with Crippen LogP contribution in [0.5, 0.6) is 17.2 Å². The Balaban J connectivity index is 1.68. The topological polar surface area (TPSA) is 86.2 Å². The van der Waals surface area contributed by atoms with E-state index in [2.05, 4.69) is 10.5 Å². The van der Waals surface area contributed by atoms with Gasteiger partial charge in [-0.2, -0.15) is 5.10 Å². The van der Waals surface area contributed by atoms with E-state index in [1.807, 2.05) is 32.9 Å². The number of hydrazone groups is 1. The molecule has 33 heavy (non-hydrogen) atoms. The number of nitrogens with zero attached hydrogens (tertiary/aromatic N) is 1. The molecule has 0 aromatic heterocycles. The van der Waals surface area contributed by atoms with Crippen molar-refractivity contribution in [2.45, 2.75) is 20.8 Å². The van der Waals surface area contributed by atoms with Crippen molar-refractivity contribution in [1.82, 2.24) is 5.43 Å². The largest absolute Gasteiger partial charge is 0.494 e. The van der Waals surface area contributed by atoms with Crippen molar-refractivity contribution in [3.05, 3.63) is 89.0 Å². The first kappa shape index (κ1) is 23.5. The van der Waals surface area contributed by atoms with Crippen molar-refractivity contribution in [3.8, 4) is 17.2 Å². The number of carbonyl (C=O) groups excluding carboxylic acids is 2. The molecule has 1 N–H and O–H groups in total. The maximum absolute atomic E-state index is 12.5. The smallest absolute Gasteiger partial charge is 0.343 e. The van der Waals surface area contributed by atoms with Gasteiger partial charge in [0.25, 0.3) is 5.91 Å². The van der Waals surface area contributed by atoms with Crippen molar-refractivity contribution >= 4 is 18.1 Å². The molecule has 3 aromatic rings. The van der Waals surface area contributed by atoms with Crippen LogP contribution in [0.25, 0.3) is 0 Å². The Morgan fingerprint density at radius 2 is 1.64 bits per heavy atom. The van der Waals surface area contributed by atoms with Gasteiger partial charge in [-0.15, -0.1) is 0 Å². The predicted molar refractivity (Wildman–Crippen MR) is 126 cm³/mol. The van der Waals surface area contributed by atoms with Crippen molar-refractivity contribution in [2.75, 3.05) is 13.2 Å². The van der Waals surface area contributed by atoms with Crippen LogP contribution in [0.3, 0.4) is 0 Å². The summed E-state index contributed by atoms with van der Waals surface area (Å²) < 4.78 is 16.6. The Bertz CT molecular complexity index is 1140. The summed E-state index contributed by atoms with van der Waals surface area (Å²) in [7, 11) is 0. The molecule has 1 amide bonds. The average molecular weight is 447 g/mol. The maximum Gasteiger partial charge on any atom is 0.343 e. The quantitative estimate of drug-likeness (QED) is 0.221. The standard InChI is InChI=1S/C26H26N2O5/c1-4-31-22-12-10-20(11-13-22)26(30)33-23-14-9-19(16-24(23)32-5-2)17-27-28-25(29)21-8-6-7-18(3)15-21/h6-17H,4-5H2,1-3H3,(H,28,29). The minimum atomic E-state index is -0.508. The number of nitrogens with one attached hydrogen (secondary N) is 1.